The molecule has 2 atom stereocenters. The van der Waals surface area contributed by atoms with E-state index in [1.54, 1.807) is 17.4 Å². The Kier molecular flexibility index (Phi) is 3.37. The molecule has 1 aromatic heterocycles. The van der Waals surface area contributed by atoms with Crippen LogP contribution in [0.1, 0.15) is 40.8 Å². The van der Waals surface area contributed by atoms with Gasteiger partial charge in [-0.15, -0.1) is 11.3 Å². The number of fused-ring (bicyclic) bond motifs is 1. The van der Waals surface area contributed by atoms with E-state index in [0.717, 1.165) is 25.3 Å². The fraction of sp³-hybridized carbons (Fsp3) is 0.333. The first-order chi connectivity index (χ1) is 9.16. The van der Waals surface area contributed by atoms with Crippen LogP contribution in [-0.2, 0) is 6.42 Å². The lowest BCUT2D eigenvalue weighted by atomic mass is 9.80. The third kappa shape index (κ3) is 2.30. The number of halogens is 2. The standard InChI is InChI=1S/C15H15F2NS/c16-12-5-4-9(8-13(12)17)15(18)11-2-1-3-14-10(11)6-7-19-14/h4-8,11,15H,1-3,18H2. The molecule has 1 aromatic carbocycles. The maximum atomic E-state index is 13.3. The quantitative estimate of drug-likeness (QED) is 0.878. The van der Waals surface area contributed by atoms with Gasteiger partial charge in [-0.2, -0.15) is 0 Å². The molecular weight excluding hydrogens is 264 g/mol. The Morgan fingerprint density at radius 3 is 2.84 bits per heavy atom. The highest BCUT2D eigenvalue weighted by Crippen LogP contribution is 2.41. The average Bonchev–Trinajstić information content (AvgIpc) is 2.89. The summed E-state index contributed by atoms with van der Waals surface area (Å²) in [5.41, 5.74) is 8.23. The molecule has 1 nitrogen and oxygen atoms in total. The van der Waals surface area contributed by atoms with Gasteiger partial charge >= 0.3 is 0 Å². The molecule has 1 heterocycles. The van der Waals surface area contributed by atoms with Gasteiger partial charge in [-0.05, 0) is 54.0 Å². The first-order valence-corrected chi connectivity index (χ1v) is 7.31. The molecule has 0 saturated heterocycles. The lowest BCUT2D eigenvalue weighted by Crippen LogP contribution is -2.22. The number of nitrogens with two attached hydrogens (primary N) is 1. The van der Waals surface area contributed by atoms with Crippen LogP contribution in [0.2, 0.25) is 0 Å². The zero-order valence-electron chi connectivity index (χ0n) is 10.4. The van der Waals surface area contributed by atoms with E-state index in [4.69, 9.17) is 5.73 Å². The van der Waals surface area contributed by atoms with Gasteiger partial charge in [-0.1, -0.05) is 6.07 Å². The number of hydrogen-bond acceptors (Lipinski definition) is 2. The second-order valence-corrected chi connectivity index (χ2v) is 6.00. The lowest BCUT2D eigenvalue weighted by molar-refractivity contribution is 0.469. The molecule has 4 heteroatoms. The van der Waals surface area contributed by atoms with Gasteiger partial charge in [0.15, 0.2) is 11.6 Å². The molecule has 0 bridgehead atoms. The molecule has 0 radical (unpaired) electrons. The molecule has 3 rings (SSSR count). The first kappa shape index (κ1) is 12.8. The topological polar surface area (TPSA) is 26.0 Å². The van der Waals surface area contributed by atoms with Crippen LogP contribution in [0.5, 0.6) is 0 Å². The Morgan fingerprint density at radius 1 is 1.21 bits per heavy atom. The highest BCUT2D eigenvalue weighted by Gasteiger charge is 2.27. The molecule has 0 amide bonds. The average molecular weight is 279 g/mol. The molecule has 0 saturated carbocycles. The largest absolute Gasteiger partial charge is 0.323 e. The van der Waals surface area contributed by atoms with Crippen LogP contribution in [0.15, 0.2) is 29.6 Å². The molecule has 100 valence electrons. The van der Waals surface area contributed by atoms with Crippen LogP contribution in [0.4, 0.5) is 8.78 Å². The summed E-state index contributed by atoms with van der Waals surface area (Å²) in [5.74, 6) is -1.44. The molecule has 1 aliphatic rings. The number of hydrogen-bond donors (Lipinski definition) is 1. The summed E-state index contributed by atoms with van der Waals surface area (Å²) in [6.07, 6.45) is 3.22. The molecule has 1 aliphatic carbocycles. The van der Waals surface area contributed by atoms with E-state index in [1.807, 2.05) is 0 Å². The van der Waals surface area contributed by atoms with Crippen LogP contribution in [0.3, 0.4) is 0 Å². The van der Waals surface area contributed by atoms with E-state index in [2.05, 4.69) is 11.4 Å². The minimum Gasteiger partial charge on any atom is -0.323 e. The van der Waals surface area contributed by atoms with Crippen LogP contribution in [0.25, 0.3) is 0 Å². The molecule has 19 heavy (non-hydrogen) atoms. The number of benzene rings is 1. The van der Waals surface area contributed by atoms with Crippen LogP contribution >= 0.6 is 11.3 Å². The fourth-order valence-electron chi connectivity index (χ4n) is 2.85. The summed E-state index contributed by atoms with van der Waals surface area (Å²) >= 11 is 1.76. The van der Waals surface area contributed by atoms with Gasteiger partial charge in [0, 0.05) is 16.8 Å². The second-order valence-electron chi connectivity index (χ2n) is 5.00. The third-order valence-corrected chi connectivity index (χ3v) is 4.86. The molecule has 0 spiro atoms. The minimum atomic E-state index is -0.825. The van der Waals surface area contributed by atoms with Crippen LogP contribution < -0.4 is 5.73 Å². The first-order valence-electron chi connectivity index (χ1n) is 6.43. The number of rotatable bonds is 2. The van der Waals surface area contributed by atoms with Gasteiger partial charge in [-0.3, -0.25) is 0 Å². The van der Waals surface area contributed by atoms with Crippen molar-refractivity contribution in [1.29, 1.82) is 0 Å². The van der Waals surface area contributed by atoms with E-state index in [0.29, 0.717) is 5.56 Å². The summed E-state index contributed by atoms with van der Waals surface area (Å²) in [5, 5.41) is 2.08. The zero-order valence-corrected chi connectivity index (χ0v) is 11.2. The van der Waals surface area contributed by atoms with Gasteiger partial charge in [0.05, 0.1) is 0 Å². The van der Waals surface area contributed by atoms with Crippen molar-refractivity contribution in [3.8, 4) is 0 Å². The minimum absolute atomic E-state index is 0.208. The Hall–Kier alpha value is -1.26. The highest BCUT2D eigenvalue weighted by atomic mass is 32.1. The van der Waals surface area contributed by atoms with Crippen molar-refractivity contribution in [2.24, 2.45) is 5.73 Å². The van der Waals surface area contributed by atoms with Crippen molar-refractivity contribution in [1.82, 2.24) is 0 Å². The van der Waals surface area contributed by atoms with Gasteiger partial charge in [0.25, 0.3) is 0 Å². The number of thiophene rings is 1. The molecule has 0 fully saturated rings. The van der Waals surface area contributed by atoms with Gasteiger partial charge in [0.2, 0.25) is 0 Å². The summed E-state index contributed by atoms with van der Waals surface area (Å²) in [6.45, 7) is 0. The molecular formula is C15H15F2NS. The van der Waals surface area contributed by atoms with Crippen LogP contribution in [0, 0.1) is 11.6 Å². The Balaban J connectivity index is 1.93. The molecule has 2 unspecified atom stereocenters. The maximum Gasteiger partial charge on any atom is 0.159 e. The molecule has 2 N–H and O–H groups in total. The fourth-order valence-corrected chi connectivity index (χ4v) is 3.84. The molecule has 0 aliphatic heterocycles. The summed E-state index contributed by atoms with van der Waals surface area (Å²) in [7, 11) is 0. The lowest BCUT2D eigenvalue weighted by Gasteiger charge is -2.28. The Bertz CT molecular complexity index is 594. The normalized spacial score (nSPS) is 20.1. The van der Waals surface area contributed by atoms with Crippen molar-refractivity contribution < 1.29 is 8.78 Å². The van der Waals surface area contributed by atoms with Gasteiger partial charge in [0.1, 0.15) is 0 Å². The summed E-state index contributed by atoms with van der Waals surface area (Å²) in [4.78, 5) is 1.38. The van der Waals surface area contributed by atoms with Crippen molar-refractivity contribution in [2.75, 3.05) is 0 Å². The van der Waals surface area contributed by atoms with E-state index in [9.17, 15) is 8.78 Å². The monoisotopic (exact) mass is 279 g/mol. The van der Waals surface area contributed by atoms with Gasteiger partial charge < -0.3 is 5.73 Å². The van der Waals surface area contributed by atoms with Crippen molar-refractivity contribution in [3.05, 3.63) is 57.3 Å². The number of aryl methyl sites for hydroxylation is 1. The summed E-state index contributed by atoms with van der Waals surface area (Å²) in [6, 6.07) is 5.80. The smallest absolute Gasteiger partial charge is 0.159 e. The predicted molar refractivity (Wildman–Crippen MR) is 73.3 cm³/mol. The molecule has 2 aromatic rings. The van der Waals surface area contributed by atoms with E-state index >= 15 is 0 Å². The predicted octanol–water partition coefficient (Wildman–Crippen LogP) is 4.15. The summed E-state index contributed by atoms with van der Waals surface area (Å²) < 4.78 is 26.3. The van der Waals surface area contributed by atoms with E-state index in [-0.39, 0.29) is 12.0 Å². The highest BCUT2D eigenvalue weighted by molar-refractivity contribution is 7.10. The maximum absolute atomic E-state index is 13.3. The van der Waals surface area contributed by atoms with Crippen molar-refractivity contribution in [3.63, 3.8) is 0 Å². The van der Waals surface area contributed by atoms with Gasteiger partial charge in [-0.25, -0.2) is 8.78 Å². The SMILES string of the molecule is NC(c1ccc(F)c(F)c1)C1CCCc2sccc21. The Morgan fingerprint density at radius 2 is 2.05 bits per heavy atom. The van der Waals surface area contributed by atoms with Crippen molar-refractivity contribution >= 4 is 11.3 Å². The van der Waals surface area contributed by atoms with E-state index in [1.165, 1.54) is 16.5 Å². The zero-order chi connectivity index (χ0) is 13.4. The second kappa shape index (κ2) is 5.02. The van der Waals surface area contributed by atoms with Crippen molar-refractivity contribution in [2.45, 2.75) is 31.2 Å². The third-order valence-electron chi connectivity index (χ3n) is 3.86. The van der Waals surface area contributed by atoms with E-state index < -0.39 is 11.6 Å². The Labute approximate surface area is 115 Å². The van der Waals surface area contributed by atoms with Crippen LogP contribution in [-0.4, -0.2) is 0 Å².